The SMILES string of the molecule is Cc1cc(NC(=O)c2c3c(c(C)n2C)S(=O)(=O)N[C@H]2CN(C(=O)C(=O)N[C@H](C)C(F)(F)F)C[C@H]2CO3)ccc1F. The highest BCUT2D eigenvalue weighted by Gasteiger charge is 2.45. The third-order valence-corrected chi connectivity index (χ3v) is 8.63. The molecule has 4 rings (SSSR count). The zero-order valence-electron chi connectivity index (χ0n) is 21.8. The summed E-state index contributed by atoms with van der Waals surface area (Å²) in [7, 11) is -2.85. The van der Waals surface area contributed by atoms with Gasteiger partial charge in [-0.05, 0) is 44.5 Å². The van der Waals surface area contributed by atoms with Gasteiger partial charge in [0.2, 0.25) is 10.0 Å². The number of aryl methyl sites for hydroxylation is 1. The van der Waals surface area contributed by atoms with Crippen molar-refractivity contribution < 1.29 is 45.1 Å². The molecule has 3 heterocycles. The van der Waals surface area contributed by atoms with E-state index in [1.54, 1.807) is 5.32 Å². The molecule has 0 radical (unpaired) electrons. The molecule has 2 aliphatic heterocycles. The molecule has 11 nitrogen and oxygen atoms in total. The molecule has 16 heteroatoms. The summed E-state index contributed by atoms with van der Waals surface area (Å²) in [4.78, 5) is 38.6. The Hall–Kier alpha value is -3.66. The third-order valence-electron chi connectivity index (χ3n) is 7.00. The van der Waals surface area contributed by atoms with Gasteiger partial charge in [0, 0.05) is 43.5 Å². The predicted molar refractivity (Wildman–Crippen MR) is 133 cm³/mol. The number of hydrogen-bond acceptors (Lipinski definition) is 6. The molecule has 0 saturated carbocycles. The molecule has 3 atom stereocenters. The van der Waals surface area contributed by atoms with Crippen molar-refractivity contribution in [1.29, 1.82) is 0 Å². The molecule has 0 aliphatic carbocycles. The third kappa shape index (κ3) is 5.50. The van der Waals surface area contributed by atoms with E-state index in [2.05, 4.69) is 10.0 Å². The Bertz CT molecular complexity index is 1490. The van der Waals surface area contributed by atoms with Gasteiger partial charge in [0.1, 0.15) is 16.8 Å². The Morgan fingerprint density at radius 1 is 1.18 bits per heavy atom. The summed E-state index contributed by atoms with van der Waals surface area (Å²) < 4.78 is 88.6. The monoisotopic (exact) mass is 589 g/mol. The topological polar surface area (TPSA) is 139 Å². The molecule has 3 amide bonds. The zero-order chi connectivity index (χ0) is 29.7. The molecule has 0 unspecified atom stereocenters. The fourth-order valence-corrected chi connectivity index (χ4v) is 6.34. The first-order valence-electron chi connectivity index (χ1n) is 12.1. The van der Waals surface area contributed by atoms with Crippen LogP contribution in [-0.2, 0) is 26.7 Å². The number of halogens is 4. The number of ether oxygens (including phenoxy) is 1. The van der Waals surface area contributed by atoms with Crippen LogP contribution in [0, 0.1) is 25.6 Å². The van der Waals surface area contributed by atoms with Crippen molar-refractivity contribution in [3.05, 3.63) is 41.0 Å². The van der Waals surface area contributed by atoms with Crippen LogP contribution in [-0.4, -0.2) is 73.6 Å². The summed E-state index contributed by atoms with van der Waals surface area (Å²) in [6.45, 7) is 3.03. The van der Waals surface area contributed by atoms with Crippen molar-refractivity contribution in [3.8, 4) is 5.75 Å². The van der Waals surface area contributed by atoms with Crippen LogP contribution in [0.5, 0.6) is 5.75 Å². The number of amides is 3. The number of carbonyl (C=O) groups is 3. The van der Waals surface area contributed by atoms with E-state index in [0.29, 0.717) is 6.92 Å². The molecule has 218 valence electrons. The first-order valence-corrected chi connectivity index (χ1v) is 13.6. The van der Waals surface area contributed by atoms with E-state index in [1.165, 1.54) is 43.7 Å². The number of sulfonamides is 1. The van der Waals surface area contributed by atoms with E-state index in [-0.39, 0.29) is 53.0 Å². The minimum Gasteiger partial charge on any atom is -0.489 e. The van der Waals surface area contributed by atoms with E-state index in [0.717, 1.165) is 4.90 Å². The number of aromatic nitrogens is 1. The lowest BCUT2D eigenvalue weighted by atomic mass is 10.1. The highest BCUT2D eigenvalue weighted by Crippen LogP contribution is 2.37. The first-order chi connectivity index (χ1) is 18.5. The van der Waals surface area contributed by atoms with Crippen LogP contribution >= 0.6 is 0 Å². The van der Waals surface area contributed by atoms with Crippen LogP contribution < -0.4 is 20.1 Å². The lowest BCUT2D eigenvalue weighted by Gasteiger charge is -2.23. The maximum atomic E-state index is 13.6. The van der Waals surface area contributed by atoms with Gasteiger partial charge in [0.05, 0.1) is 6.61 Å². The van der Waals surface area contributed by atoms with Gasteiger partial charge in [0.25, 0.3) is 5.91 Å². The maximum Gasteiger partial charge on any atom is 0.408 e. The molecule has 1 aromatic heterocycles. The van der Waals surface area contributed by atoms with E-state index >= 15 is 0 Å². The number of nitrogens with zero attached hydrogens (tertiary/aromatic N) is 2. The zero-order valence-corrected chi connectivity index (χ0v) is 22.7. The number of alkyl halides is 3. The van der Waals surface area contributed by atoms with Gasteiger partial charge in [-0.1, -0.05) is 0 Å². The van der Waals surface area contributed by atoms with E-state index in [4.69, 9.17) is 4.74 Å². The number of benzene rings is 1. The summed E-state index contributed by atoms with van der Waals surface area (Å²) in [6, 6.07) is 0.761. The number of fused-ring (bicyclic) bond motifs is 2. The fourth-order valence-electron chi connectivity index (χ4n) is 4.63. The van der Waals surface area contributed by atoms with Crippen molar-refractivity contribution in [2.45, 2.75) is 43.9 Å². The number of nitrogens with one attached hydrogen (secondary N) is 3. The quantitative estimate of drug-likeness (QED) is 0.367. The van der Waals surface area contributed by atoms with Gasteiger partial charge < -0.3 is 24.8 Å². The van der Waals surface area contributed by atoms with Gasteiger partial charge in [-0.25, -0.2) is 17.5 Å². The number of likely N-dealkylation sites (tertiary alicyclic amines) is 1. The standard InChI is InChI=1S/C24H27F4N5O6S/c1-11-7-15(5-6-16(11)25)30-21(34)18-19-20(12(2)32(18)4)40(37,38)31-17-9-33(8-14(17)10-39-19)23(36)22(35)29-13(3)24(26,27)28/h5-7,13-14,17,31H,8-10H2,1-4H3,(H,29,35)(H,30,34)/t13-,14+,17+/m1/s1. The van der Waals surface area contributed by atoms with Crippen LogP contribution in [0.4, 0.5) is 23.2 Å². The average Bonchev–Trinajstić information content (AvgIpc) is 3.35. The van der Waals surface area contributed by atoms with Crippen LogP contribution in [0.3, 0.4) is 0 Å². The van der Waals surface area contributed by atoms with E-state index in [1.807, 2.05) is 0 Å². The van der Waals surface area contributed by atoms with Gasteiger partial charge in [-0.3, -0.25) is 14.4 Å². The largest absolute Gasteiger partial charge is 0.489 e. The predicted octanol–water partition coefficient (Wildman–Crippen LogP) is 1.60. The maximum absolute atomic E-state index is 13.6. The molecular weight excluding hydrogens is 562 g/mol. The molecule has 2 aliphatic rings. The highest BCUT2D eigenvalue weighted by atomic mass is 32.2. The average molecular weight is 590 g/mol. The lowest BCUT2D eigenvalue weighted by Crippen LogP contribution is -2.50. The molecule has 1 saturated heterocycles. The van der Waals surface area contributed by atoms with Crippen molar-refractivity contribution >= 4 is 33.4 Å². The molecule has 1 fully saturated rings. The Labute approximate surface area is 226 Å². The van der Waals surface area contributed by atoms with Gasteiger partial charge in [-0.15, -0.1) is 0 Å². The Kier molecular flexibility index (Phi) is 7.62. The van der Waals surface area contributed by atoms with Crippen molar-refractivity contribution in [2.75, 3.05) is 25.0 Å². The Morgan fingerprint density at radius 2 is 1.85 bits per heavy atom. The van der Waals surface area contributed by atoms with Gasteiger partial charge in [-0.2, -0.15) is 13.2 Å². The van der Waals surface area contributed by atoms with Crippen LogP contribution in [0.1, 0.15) is 28.7 Å². The van der Waals surface area contributed by atoms with Gasteiger partial charge in [0.15, 0.2) is 11.4 Å². The molecule has 1 aromatic carbocycles. The van der Waals surface area contributed by atoms with Crippen molar-refractivity contribution in [1.82, 2.24) is 19.5 Å². The number of hydrogen-bond donors (Lipinski definition) is 3. The number of rotatable bonds is 3. The summed E-state index contributed by atoms with van der Waals surface area (Å²) in [5.74, 6) is -4.82. The normalized spacial score (nSPS) is 20.9. The van der Waals surface area contributed by atoms with Crippen LogP contribution in [0.15, 0.2) is 23.1 Å². The molecule has 0 spiro atoms. The smallest absolute Gasteiger partial charge is 0.408 e. The number of carbonyl (C=O) groups excluding carboxylic acids is 3. The number of anilines is 1. The molecule has 2 aromatic rings. The molecule has 3 N–H and O–H groups in total. The Morgan fingerprint density at radius 3 is 2.48 bits per heavy atom. The van der Waals surface area contributed by atoms with Crippen molar-refractivity contribution in [2.24, 2.45) is 13.0 Å². The van der Waals surface area contributed by atoms with E-state index < -0.39 is 57.7 Å². The summed E-state index contributed by atoms with van der Waals surface area (Å²) in [6.07, 6.45) is -4.75. The minimum absolute atomic E-state index is 0.121. The van der Waals surface area contributed by atoms with Crippen LogP contribution in [0.2, 0.25) is 0 Å². The lowest BCUT2D eigenvalue weighted by molar-refractivity contribution is -0.162. The molecular formula is C24H27F4N5O6S. The minimum atomic E-state index is -4.75. The second-order valence-electron chi connectivity index (χ2n) is 9.82. The molecule has 0 bridgehead atoms. The van der Waals surface area contributed by atoms with Crippen LogP contribution in [0.25, 0.3) is 0 Å². The summed E-state index contributed by atoms with van der Waals surface area (Å²) >= 11 is 0. The fraction of sp³-hybridized carbons (Fsp3) is 0.458. The van der Waals surface area contributed by atoms with Crippen molar-refractivity contribution in [3.63, 3.8) is 0 Å². The summed E-state index contributed by atoms with van der Waals surface area (Å²) in [5.41, 5.74) is 0.608. The summed E-state index contributed by atoms with van der Waals surface area (Å²) in [5, 5.41) is 4.20. The second-order valence-corrected chi connectivity index (χ2v) is 11.5. The Balaban J connectivity index is 1.58. The second kappa shape index (κ2) is 10.4. The first kappa shape index (κ1) is 29.3. The van der Waals surface area contributed by atoms with E-state index in [9.17, 15) is 40.4 Å². The molecule has 40 heavy (non-hydrogen) atoms. The van der Waals surface area contributed by atoms with Gasteiger partial charge >= 0.3 is 18.0 Å². The highest BCUT2D eigenvalue weighted by molar-refractivity contribution is 7.89.